The summed E-state index contributed by atoms with van der Waals surface area (Å²) in [6, 6.07) is 22.7. The lowest BCUT2D eigenvalue weighted by Crippen LogP contribution is -2.09. The van der Waals surface area contributed by atoms with E-state index < -0.39 is 0 Å². The van der Waals surface area contributed by atoms with Crippen molar-refractivity contribution in [3.8, 4) is 0 Å². The third-order valence-corrected chi connectivity index (χ3v) is 5.54. The Balaban J connectivity index is 1.71. The first-order chi connectivity index (χ1) is 11.2. The Morgan fingerprint density at radius 3 is 2.52 bits per heavy atom. The first-order valence-corrected chi connectivity index (χ1v) is 8.48. The molecule has 0 aliphatic carbocycles. The zero-order valence-electron chi connectivity index (χ0n) is 12.8. The van der Waals surface area contributed by atoms with Crippen molar-refractivity contribution in [2.75, 3.05) is 0 Å². The van der Waals surface area contributed by atoms with Gasteiger partial charge in [-0.2, -0.15) is 0 Å². The number of hydrogen-bond donors (Lipinski definition) is 0. The van der Waals surface area contributed by atoms with Crippen LogP contribution in [0, 0.1) is 0 Å². The predicted molar refractivity (Wildman–Crippen MR) is 98.7 cm³/mol. The first kappa shape index (κ1) is 14.3. The van der Waals surface area contributed by atoms with Gasteiger partial charge in [-0.3, -0.25) is 4.79 Å². The Hall–Kier alpha value is -2.32. The summed E-state index contributed by atoms with van der Waals surface area (Å²) in [6.45, 7) is 2.11. The molecule has 112 valence electrons. The monoisotopic (exact) mass is 316 g/mol. The van der Waals surface area contributed by atoms with Crippen LogP contribution in [0.3, 0.4) is 0 Å². The number of hydrogen-bond acceptors (Lipinski definition) is 2. The van der Waals surface area contributed by atoms with Gasteiger partial charge in [0.25, 0.3) is 0 Å². The molecule has 23 heavy (non-hydrogen) atoms. The number of fused-ring (bicyclic) bond motifs is 2. The summed E-state index contributed by atoms with van der Waals surface area (Å²) in [7, 11) is 0. The van der Waals surface area contributed by atoms with E-state index in [0.29, 0.717) is 0 Å². The van der Waals surface area contributed by atoms with Gasteiger partial charge in [0.2, 0.25) is 5.12 Å². The third kappa shape index (κ3) is 2.49. The van der Waals surface area contributed by atoms with Crippen LogP contribution in [0.15, 0.2) is 72.8 Å². The molecule has 3 aromatic carbocycles. The van der Waals surface area contributed by atoms with Crippen molar-refractivity contribution in [3.63, 3.8) is 0 Å². The maximum atomic E-state index is 12.2. The number of carbonyl (C=O) groups is 1. The van der Waals surface area contributed by atoms with Gasteiger partial charge < -0.3 is 0 Å². The lowest BCUT2D eigenvalue weighted by Gasteiger charge is -2.18. The average molecular weight is 316 g/mol. The highest BCUT2D eigenvalue weighted by Crippen LogP contribution is 2.47. The zero-order chi connectivity index (χ0) is 15.9. The Morgan fingerprint density at radius 2 is 1.65 bits per heavy atom. The predicted octanol–water partition coefficient (Wildman–Crippen LogP) is 5.66. The average Bonchev–Trinajstić information content (AvgIpc) is 2.85. The topological polar surface area (TPSA) is 17.1 Å². The molecule has 0 amide bonds. The van der Waals surface area contributed by atoms with Gasteiger partial charge in [-0.25, -0.2) is 0 Å². The SMILES string of the molecule is CC1(/C=C/c2ccc3ccccc3c2)SC(=O)c2ccccc21. The van der Waals surface area contributed by atoms with E-state index in [4.69, 9.17) is 0 Å². The van der Waals surface area contributed by atoms with Gasteiger partial charge in [0, 0.05) is 5.56 Å². The van der Waals surface area contributed by atoms with Crippen LogP contribution in [0.4, 0.5) is 0 Å². The molecule has 0 saturated heterocycles. The number of benzene rings is 3. The van der Waals surface area contributed by atoms with Crippen molar-refractivity contribution in [2.24, 2.45) is 0 Å². The molecule has 0 bridgehead atoms. The second-order valence-electron chi connectivity index (χ2n) is 5.98. The highest BCUT2D eigenvalue weighted by Gasteiger charge is 2.38. The van der Waals surface area contributed by atoms with E-state index in [1.54, 1.807) is 0 Å². The van der Waals surface area contributed by atoms with Crippen molar-refractivity contribution in [2.45, 2.75) is 11.7 Å². The Kier molecular flexibility index (Phi) is 3.35. The molecule has 0 N–H and O–H groups in total. The van der Waals surface area contributed by atoms with E-state index in [9.17, 15) is 4.79 Å². The second kappa shape index (κ2) is 5.39. The van der Waals surface area contributed by atoms with Crippen LogP contribution in [-0.4, -0.2) is 5.12 Å². The van der Waals surface area contributed by atoms with Crippen molar-refractivity contribution in [1.82, 2.24) is 0 Å². The summed E-state index contributed by atoms with van der Waals surface area (Å²) >= 11 is 1.39. The van der Waals surface area contributed by atoms with Gasteiger partial charge in [-0.1, -0.05) is 84.6 Å². The van der Waals surface area contributed by atoms with E-state index in [0.717, 1.165) is 16.7 Å². The zero-order valence-corrected chi connectivity index (χ0v) is 13.6. The molecule has 1 unspecified atom stereocenters. The van der Waals surface area contributed by atoms with Crippen LogP contribution < -0.4 is 0 Å². The van der Waals surface area contributed by atoms with Crippen molar-refractivity contribution < 1.29 is 4.79 Å². The molecule has 1 atom stereocenters. The lowest BCUT2D eigenvalue weighted by atomic mass is 9.94. The highest BCUT2D eigenvalue weighted by molar-refractivity contribution is 8.15. The summed E-state index contributed by atoms with van der Waals surface area (Å²) in [5.41, 5.74) is 3.09. The Morgan fingerprint density at radius 1 is 0.913 bits per heavy atom. The largest absolute Gasteiger partial charge is 0.282 e. The van der Waals surface area contributed by atoms with E-state index >= 15 is 0 Å². The van der Waals surface area contributed by atoms with Gasteiger partial charge in [0.05, 0.1) is 4.75 Å². The summed E-state index contributed by atoms with van der Waals surface area (Å²) in [5.74, 6) is 0. The first-order valence-electron chi connectivity index (χ1n) is 7.67. The van der Waals surface area contributed by atoms with E-state index in [2.05, 4.69) is 67.6 Å². The fourth-order valence-electron chi connectivity index (χ4n) is 3.09. The molecule has 3 aromatic rings. The van der Waals surface area contributed by atoms with Crippen molar-refractivity contribution in [3.05, 3.63) is 89.5 Å². The minimum absolute atomic E-state index is 0.159. The van der Waals surface area contributed by atoms with Crippen LogP contribution in [0.1, 0.15) is 28.4 Å². The smallest absolute Gasteiger partial charge is 0.220 e. The fraction of sp³-hybridized carbons (Fsp3) is 0.0952. The molecule has 0 spiro atoms. The van der Waals surface area contributed by atoms with Crippen LogP contribution in [-0.2, 0) is 4.75 Å². The van der Waals surface area contributed by atoms with Crippen molar-refractivity contribution >= 4 is 33.7 Å². The molecular formula is C21H16OS. The molecule has 0 aromatic heterocycles. The number of carbonyl (C=O) groups excluding carboxylic acids is 1. The molecular weight excluding hydrogens is 300 g/mol. The van der Waals surface area contributed by atoms with Crippen LogP contribution in [0.5, 0.6) is 0 Å². The lowest BCUT2D eigenvalue weighted by molar-refractivity contribution is 0.109. The highest BCUT2D eigenvalue weighted by atomic mass is 32.2. The summed E-state index contributed by atoms with van der Waals surface area (Å²) in [4.78, 5) is 12.2. The van der Waals surface area contributed by atoms with Crippen LogP contribution in [0.2, 0.25) is 0 Å². The minimum atomic E-state index is -0.292. The summed E-state index contributed by atoms with van der Waals surface area (Å²) < 4.78 is -0.292. The maximum Gasteiger partial charge on any atom is 0.220 e. The molecule has 4 rings (SSSR count). The van der Waals surface area contributed by atoms with Gasteiger partial charge in [-0.15, -0.1) is 0 Å². The Bertz CT molecular complexity index is 941. The number of rotatable bonds is 2. The standard InChI is InChI=1S/C21H16OS/c1-21(19-9-5-4-8-18(19)20(22)23-21)13-12-15-10-11-16-6-2-3-7-17(16)14-15/h2-14H,1H3/b13-12+. The summed E-state index contributed by atoms with van der Waals surface area (Å²) in [6.07, 6.45) is 4.26. The van der Waals surface area contributed by atoms with Crippen LogP contribution in [0.25, 0.3) is 16.8 Å². The van der Waals surface area contributed by atoms with Gasteiger partial charge in [0.1, 0.15) is 0 Å². The minimum Gasteiger partial charge on any atom is -0.282 e. The number of thioether (sulfide) groups is 1. The van der Waals surface area contributed by atoms with E-state index in [1.165, 1.54) is 22.5 Å². The summed E-state index contributed by atoms with van der Waals surface area (Å²) in [5, 5.41) is 2.63. The Labute approximate surface area is 140 Å². The molecule has 1 heterocycles. The van der Waals surface area contributed by atoms with Gasteiger partial charge in [-0.05, 0) is 34.9 Å². The maximum absolute atomic E-state index is 12.2. The normalized spacial score (nSPS) is 20.3. The molecule has 0 radical (unpaired) electrons. The van der Waals surface area contributed by atoms with Gasteiger partial charge >= 0.3 is 0 Å². The quantitative estimate of drug-likeness (QED) is 0.607. The molecule has 0 saturated carbocycles. The molecule has 1 aliphatic rings. The fourth-order valence-corrected chi connectivity index (χ4v) is 4.18. The van der Waals surface area contributed by atoms with E-state index in [1.807, 2.05) is 18.2 Å². The molecule has 1 nitrogen and oxygen atoms in total. The van der Waals surface area contributed by atoms with Gasteiger partial charge in [0.15, 0.2) is 0 Å². The van der Waals surface area contributed by atoms with E-state index in [-0.39, 0.29) is 9.86 Å². The molecule has 1 aliphatic heterocycles. The van der Waals surface area contributed by atoms with Crippen molar-refractivity contribution in [1.29, 1.82) is 0 Å². The molecule has 0 fully saturated rings. The van der Waals surface area contributed by atoms with Crippen LogP contribution >= 0.6 is 11.8 Å². The third-order valence-electron chi connectivity index (χ3n) is 4.35. The second-order valence-corrected chi connectivity index (χ2v) is 7.41. The molecule has 2 heteroatoms.